The van der Waals surface area contributed by atoms with Crippen LogP contribution in [0.25, 0.3) is 21.5 Å². The number of aliphatic imine (C=N–C) groups is 2. The van der Waals surface area contributed by atoms with Gasteiger partial charge in [-0.1, -0.05) is 92.8 Å². The molecule has 2 saturated carbocycles. The number of rotatable bonds is 0. The van der Waals surface area contributed by atoms with E-state index in [4.69, 9.17) is 206 Å². The Hall–Kier alpha value is 0.700. The quantitative estimate of drug-likeness (QED) is 0.0800. The molecule has 14 unspecified atom stereocenters. The summed E-state index contributed by atoms with van der Waals surface area (Å²) < 4.78 is 0. The van der Waals surface area contributed by atoms with Gasteiger partial charge in [0.2, 0.25) is 0 Å². The van der Waals surface area contributed by atoms with E-state index in [9.17, 15) is 0 Å². The number of fused-ring (bicyclic) bond motifs is 18. The van der Waals surface area contributed by atoms with Crippen molar-refractivity contribution < 1.29 is 0 Å². The van der Waals surface area contributed by atoms with Gasteiger partial charge in [-0.15, -0.1) is 92.8 Å². The Balaban J connectivity index is 1.39. The topological polar surface area (TPSA) is 105 Å². The van der Waals surface area contributed by atoms with Gasteiger partial charge in [0.1, 0.15) is 46.6 Å². The maximum Gasteiger partial charge on any atom is 0.143 e. The number of hydrogen-bond acceptors (Lipinski definition) is 6. The lowest BCUT2D eigenvalue weighted by Gasteiger charge is -2.41. The number of halogens is 16. The van der Waals surface area contributed by atoms with Crippen LogP contribution in [0.2, 0.25) is 40.2 Å². The summed E-state index contributed by atoms with van der Waals surface area (Å²) in [6, 6.07) is 0. The van der Waals surface area contributed by atoms with E-state index >= 15 is 0 Å². The highest BCUT2D eigenvalue weighted by Crippen LogP contribution is 2.53. The normalized spacial score (nSPS) is 36.3. The molecule has 56 heavy (non-hydrogen) atoms. The van der Waals surface area contributed by atoms with Crippen molar-refractivity contribution in [3.8, 4) is 0 Å². The molecule has 2 aromatic carbocycles. The molecule has 2 aromatic heterocycles. The minimum atomic E-state index is -0.831. The zero-order valence-corrected chi connectivity index (χ0v) is 39.0. The number of benzene rings is 2. The molecule has 4 aromatic rings. The Labute approximate surface area is 397 Å². The van der Waals surface area contributed by atoms with Crippen LogP contribution in [-0.2, 0) is 0 Å². The first-order chi connectivity index (χ1) is 26.4. The van der Waals surface area contributed by atoms with E-state index in [1.807, 2.05) is 0 Å². The van der Waals surface area contributed by atoms with Gasteiger partial charge in [-0.2, -0.15) is 0 Å². The molecule has 0 amide bonds. The van der Waals surface area contributed by atoms with Gasteiger partial charge >= 0.3 is 0 Å². The smallest absolute Gasteiger partial charge is 0.143 e. The molecule has 0 radical (unpaired) electrons. The van der Waals surface area contributed by atoms with E-state index in [1.165, 1.54) is 0 Å². The summed E-state index contributed by atoms with van der Waals surface area (Å²) >= 11 is 110. The first-order valence-corrected chi connectivity index (χ1v) is 23.0. The Morgan fingerprint density at radius 1 is 0.357 bits per heavy atom. The molecule has 24 heteroatoms. The van der Waals surface area contributed by atoms with Gasteiger partial charge < -0.3 is 20.6 Å². The summed E-state index contributed by atoms with van der Waals surface area (Å²) in [6.07, 6.45) is -1.66. The molecular formula is C32H18Cl16N8. The molecule has 8 bridgehead atoms. The van der Waals surface area contributed by atoms with Crippen molar-refractivity contribution >= 4 is 230 Å². The van der Waals surface area contributed by atoms with Gasteiger partial charge in [-0.25, -0.2) is 20.0 Å². The lowest BCUT2D eigenvalue weighted by Crippen LogP contribution is -2.54. The standard InChI is InChI=1S/C32H18Cl16N8/c33-9-1-2(10(34)18(42)17(9)41)26-49-25(1)53-27-3-4(12(36)20(44)19(43)11(3)35)29(50-27)55-31-7-8(16(40)24(48)23(47)15(7)39)32(52-31)56-30-6-5(28(51-30)54-26)13(37)21(45)22(46)14(6)38/h1-2,7-10,15-18,23-25,31,50,53,55H,(H,49,51,52,54,56). The summed E-state index contributed by atoms with van der Waals surface area (Å²) in [4.78, 5) is 26.7. The third kappa shape index (κ3) is 6.11. The molecule has 3 aliphatic heterocycles. The fourth-order valence-electron chi connectivity index (χ4n) is 8.38. The number of nitrogens with zero attached hydrogens (tertiary/aromatic N) is 4. The van der Waals surface area contributed by atoms with Crippen molar-refractivity contribution in [3.05, 3.63) is 51.2 Å². The van der Waals surface area contributed by atoms with Crippen LogP contribution in [0.1, 0.15) is 0 Å². The molecule has 8 nitrogen and oxygen atoms in total. The number of amidine groups is 2. The van der Waals surface area contributed by atoms with Crippen LogP contribution in [0.5, 0.6) is 0 Å². The molecular weight excluding hydrogens is 1060 g/mol. The van der Waals surface area contributed by atoms with Crippen LogP contribution in [0.4, 0.5) is 11.6 Å². The highest BCUT2D eigenvalue weighted by molar-refractivity contribution is 6.57. The molecule has 0 spiro atoms. The fourth-order valence-corrected chi connectivity index (χ4v) is 13.8. The van der Waals surface area contributed by atoms with E-state index < -0.39 is 79.0 Å². The molecule has 5 aliphatic rings. The van der Waals surface area contributed by atoms with Crippen molar-refractivity contribution in [2.24, 2.45) is 43.6 Å². The first-order valence-electron chi connectivity index (χ1n) is 16.4. The van der Waals surface area contributed by atoms with Crippen molar-refractivity contribution in [1.82, 2.24) is 9.97 Å². The maximum absolute atomic E-state index is 7.11. The van der Waals surface area contributed by atoms with Crippen LogP contribution < -0.4 is 21.6 Å². The zero-order valence-electron chi connectivity index (χ0n) is 26.9. The van der Waals surface area contributed by atoms with E-state index in [0.717, 1.165) is 0 Å². The van der Waals surface area contributed by atoms with E-state index in [1.54, 1.807) is 0 Å². The Morgan fingerprint density at radius 3 is 1.04 bits per heavy atom. The van der Waals surface area contributed by atoms with Crippen LogP contribution in [0.3, 0.4) is 0 Å². The number of aromatic nitrogens is 2. The van der Waals surface area contributed by atoms with E-state index in [-0.39, 0.29) is 62.8 Å². The van der Waals surface area contributed by atoms with E-state index in [0.29, 0.717) is 33.2 Å². The van der Waals surface area contributed by atoms with Crippen molar-refractivity contribution in [3.63, 3.8) is 0 Å². The lowest BCUT2D eigenvalue weighted by atomic mass is 9.77. The molecule has 9 rings (SSSR count). The molecule has 14 atom stereocenters. The van der Waals surface area contributed by atoms with Crippen molar-refractivity contribution in [2.75, 3.05) is 10.6 Å². The van der Waals surface area contributed by atoms with Crippen LogP contribution in [0, 0.1) is 23.7 Å². The van der Waals surface area contributed by atoms with Gasteiger partial charge in [0.05, 0.1) is 94.0 Å². The number of aromatic amines is 2. The average Bonchev–Trinajstić information content (AvgIpc) is 3.92. The Morgan fingerprint density at radius 2 is 0.679 bits per heavy atom. The number of alkyl halides is 8. The predicted octanol–water partition coefficient (Wildman–Crippen LogP) is 12.5. The van der Waals surface area contributed by atoms with Gasteiger partial charge in [0, 0.05) is 34.4 Å². The van der Waals surface area contributed by atoms with Crippen LogP contribution in [-0.4, -0.2) is 77.0 Å². The minimum Gasteiger partial charge on any atom is -0.349 e. The van der Waals surface area contributed by atoms with Gasteiger partial charge in [0.25, 0.3) is 0 Å². The first kappa shape index (κ1) is 42.0. The number of nitrogens with one attached hydrogen (secondary N) is 4. The SMILES string of the molecule is Clc1c(Cl)c(Cl)c2c3[nH]c(c2c1Cl)NC1N=C(N=c2[nH]c(c4c(Cl)c(Cl)c(Cl)c(Cl)c24)=NC2=NC(N3)C3C(Cl)C(Cl)C(Cl)C(Cl)C23)C2C(Cl)C(Cl)C(Cl)C(Cl)C12. The van der Waals surface area contributed by atoms with Crippen LogP contribution in [0.15, 0.2) is 20.0 Å². The predicted molar refractivity (Wildman–Crippen MR) is 240 cm³/mol. The largest absolute Gasteiger partial charge is 0.349 e. The van der Waals surface area contributed by atoms with Crippen molar-refractivity contribution in [1.29, 1.82) is 0 Å². The van der Waals surface area contributed by atoms with Crippen LogP contribution >= 0.6 is 186 Å². The third-order valence-electron chi connectivity index (χ3n) is 11.0. The molecule has 5 heterocycles. The van der Waals surface area contributed by atoms with Gasteiger partial charge in [0.15, 0.2) is 0 Å². The molecule has 2 fully saturated rings. The third-order valence-corrected chi connectivity index (χ3v) is 19.7. The molecule has 298 valence electrons. The Bertz CT molecular complexity index is 2390. The summed E-state index contributed by atoms with van der Waals surface area (Å²) in [5.74, 6) is -1.27. The second kappa shape index (κ2) is 15.2. The average molecular weight is 1080 g/mol. The molecule has 0 saturated heterocycles. The number of H-pyrrole nitrogens is 2. The molecule has 4 N–H and O–H groups in total. The maximum atomic E-state index is 7.11. The molecule has 2 aliphatic carbocycles. The second-order valence-electron chi connectivity index (χ2n) is 13.8. The summed E-state index contributed by atoms with van der Waals surface area (Å²) in [5.41, 5.74) is 0.351. The number of anilines is 2. The fraction of sp³-hybridized carbons (Fsp3) is 0.438. The summed E-state index contributed by atoms with van der Waals surface area (Å²) in [6.45, 7) is 0. The lowest BCUT2D eigenvalue weighted by molar-refractivity contribution is 0.311. The second-order valence-corrected chi connectivity index (χ2v) is 20.9. The van der Waals surface area contributed by atoms with Gasteiger partial charge in [-0.3, -0.25) is 0 Å². The highest BCUT2D eigenvalue weighted by Gasteiger charge is 2.58. The Kier molecular flexibility index (Phi) is 11.4. The highest BCUT2D eigenvalue weighted by atomic mass is 35.5. The van der Waals surface area contributed by atoms with Gasteiger partial charge in [-0.05, 0) is 0 Å². The van der Waals surface area contributed by atoms with Crippen molar-refractivity contribution in [2.45, 2.75) is 55.3 Å². The summed E-state index contributed by atoms with van der Waals surface area (Å²) in [5, 5.41) is 2.43. The zero-order chi connectivity index (χ0) is 40.1. The minimum absolute atomic E-state index is 0.00809. The monoisotopic (exact) mass is 1070 g/mol. The number of hydrogen-bond donors (Lipinski definition) is 4. The van der Waals surface area contributed by atoms with E-state index in [2.05, 4.69) is 20.6 Å². The summed E-state index contributed by atoms with van der Waals surface area (Å²) in [7, 11) is 0.